The Hall–Kier alpha value is -0.380. The molecule has 4 unspecified atom stereocenters. The minimum absolute atomic E-state index is 0.0325. The lowest BCUT2D eigenvalue weighted by atomic mass is 9.62. The van der Waals surface area contributed by atoms with Gasteiger partial charge in [-0.15, -0.1) is 0 Å². The van der Waals surface area contributed by atoms with Crippen molar-refractivity contribution in [1.29, 1.82) is 0 Å². The van der Waals surface area contributed by atoms with E-state index in [-0.39, 0.29) is 33.4 Å². The Bertz CT molecular complexity index is 403. The van der Waals surface area contributed by atoms with Crippen LogP contribution < -0.4 is 0 Å². The summed E-state index contributed by atoms with van der Waals surface area (Å²) in [6.07, 6.45) is 1.75. The quantitative estimate of drug-likeness (QED) is 0.788. The highest BCUT2D eigenvalue weighted by Crippen LogP contribution is 2.49. The van der Waals surface area contributed by atoms with E-state index in [0.29, 0.717) is 0 Å². The largest absolute Gasteiger partial charge is 0.363 e. The Labute approximate surface area is 126 Å². The lowest BCUT2D eigenvalue weighted by Gasteiger charge is -2.44. The molecule has 118 valence electrons. The van der Waals surface area contributed by atoms with E-state index in [0.717, 1.165) is 12.8 Å². The maximum Gasteiger partial charge on any atom is 0.324 e. The third-order valence-corrected chi connectivity index (χ3v) is 6.47. The molecule has 1 saturated heterocycles. The molecule has 4 heteroatoms. The molecule has 1 aliphatic heterocycles. The summed E-state index contributed by atoms with van der Waals surface area (Å²) >= 11 is -1.50. The van der Waals surface area contributed by atoms with E-state index in [1.54, 1.807) is 0 Å². The second-order valence-corrected chi connectivity index (χ2v) is 9.71. The second-order valence-electron chi connectivity index (χ2n) is 8.41. The topological polar surface area (TPSA) is 43.4 Å². The van der Waals surface area contributed by atoms with Crippen LogP contribution in [0.3, 0.4) is 0 Å². The van der Waals surface area contributed by atoms with Crippen LogP contribution in [0.4, 0.5) is 0 Å². The molecule has 4 atom stereocenters. The summed E-state index contributed by atoms with van der Waals surface area (Å²) in [5, 5.41) is -0.202. The van der Waals surface area contributed by atoms with Gasteiger partial charge in [0.15, 0.2) is 0 Å². The van der Waals surface area contributed by atoms with E-state index in [2.05, 4.69) is 34.6 Å². The van der Waals surface area contributed by atoms with Gasteiger partial charge >= 0.3 is 5.97 Å². The van der Waals surface area contributed by atoms with Crippen molar-refractivity contribution < 1.29 is 13.2 Å². The zero-order valence-corrected chi connectivity index (χ0v) is 15.0. The Kier molecular flexibility index (Phi) is 4.80. The Morgan fingerprint density at radius 3 is 1.95 bits per heavy atom. The Morgan fingerprint density at radius 2 is 1.60 bits per heavy atom. The third-order valence-electron chi connectivity index (χ3n) is 5.21. The first-order chi connectivity index (χ1) is 8.83. The van der Waals surface area contributed by atoms with E-state index in [9.17, 15) is 9.00 Å². The molecule has 0 radical (unpaired) electrons. The van der Waals surface area contributed by atoms with Crippen LogP contribution >= 0.6 is 0 Å². The highest BCUT2D eigenvalue weighted by atomic mass is 32.2. The van der Waals surface area contributed by atoms with Crippen LogP contribution in [-0.2, 0) is 20.1 Å². The van der Waals surface area contributed by atoms with Gasteiger partial charge in [0, 0.05) is 0 Å². The van der Waals surface area contributed by atoms with Crippen molar-refractivity contribution in [1.82, 2.24) is 0 Å². The van der Waals surface area contributed by atoms with Crippen LogP contribution in [0.25, 0.3) is 0 Å². The number of hydrogen-bond acceptors (Lipinski definition) is 3. The molecule has 1 heterocycles. The van der Waals surface area contributed by atoms with Gasteiger partial charge in [-0.2, -0.15) is 0 Å². The lowest BCUT2D eigenvalue weighted by molar-refractivity contribution is -0.139. The molecule has 0 aliphatic carbocycles. The minimum atomic E-state index is -1.50. The van der Waals surface area contributed by atoms with Gasteiger partial charge in [-0.3, -0.25) is 4.79 Å². The first kappa shape index (κ1) is 17.7. The summed E-state index contributed by atoms with van der Waals surface area (Å²) in [4.78, 5) is 12.1. The van der Waals surface area contributed by atoms with Gasteiger partial charge in [-0.25, -0.2) is 4.21 Å². The second kappa shape index (κ2) is 5.43. The van der Waals surface area contributed by atoms with E-state index >= 15 is 0 Å². The normalized spacial score (nSPS) is 31.0. The fourth-order valence-electron chi connectivity index (χ4n) is 2.98. The number of rotatable bonds is 3. The number of carbonyl (C=O) groups is 1. The van der Waals surface area contributed by atoms with Crippen LogP contribution in [0.15, 0.2) is 0 Å². The molecule has 0 aromatic heterocycles. The molecular formula is C16H30O3S. The molecule has 0 aromatic carbocycles. The molecule has 0 saturated carbocycles. The molecule has 0 spiro atoms. The molecule has 0 bridgehead atoms. The summed E-state index contributed by atoms with van der Waals surface area (Å²) in [5.74, 6) is -0.579. The van der Waals surface area contributed by atoms with Crippen LogP contribution in [0, 0.1) is 22.2 Å². The maximum atomic E-state index is 12.2. The molecule has 0 N–H and O–H groups in total. The summed E-state index contributed by atoms with van der Waals surface area (Å²) in [7, 11) is 0. The highest BCUT2D eigenvalue weighted by molar-refractivity contribution is 7.81. The van der Waals surface area contributed by atoms with Gasteiger partial charge in [0.2, 0.25) is 11.1 Å². The van der Waals surface area contributed by atoms with Gasteiger partial charge < -0.3 is 4.18 Å². The predicted octanol–water partition coefficient (Wildman–Crippen LogP) is 4.09. The van der Waals surface area contributed by atoms with E-state index in [1.165, 1.54) is 0 Å². The van der Waals surface area contributed by atoms with Gasteiger partial charge in [0.05, 0.1) is 11.2 Å². The summed E-state index contributed by atoms with van der Waals surface area (Å²) in [6, 6.07) is 0. The smallest absolute Gasteiger partial charge is 0.324 e. The van der Waals surface area contributed by atoms with E-state index in [4.69, 9.17) is 4.18 Å². The molecule has 1 aliphatic rings. The molecule has 3 nitrogen and oxygen atoms in total. The first-order valence-corrected chi connectivity index (χ1v) is 8.60. The number of carbonyl (C=O) groups excluding carboxylic acids is 1. The van der Waals surface area contributed by atoms with Crippen LogP contribution in [0.5, 0.6) is 0 Å². The zero-order valence-electron chi connectivity index (χ0n) is 14.2. The summed E-state index contributed by atoms with van der Waals surface area (Å²) < 4.78 is 17.3. The van der Waals surface area contributed by atoms with Gasteiger partial charge in [-0.05, 0) is 22.7 Å². The van der Waals surface area contributed by atoms with Crippen molar-refractivity contribution in [2.45, 2.75) is 73.5 Å². The molecular weight excluding hydrogens is 272 g/mol. The summed E-state index contributed by atoms with van der Waals surface area (Å²) in [5.41, 5.74) is -0.0920. The van der Waals surface area contributed by atoms with Crippen LogP contribution in [-0.4, -0.2) is 15.4 Å². The number of hydrogen-bond donors (Lipinski definition) is 0. The van der Waals surface area contributed by atoms with Crippen molar-refractivity contribution in [3.05, 3.63) is 0 Å². The predicted molar refractivity (Wildman–Crippen MR) is 83.4 cm³/mol. The molecule has 0 amide bonds. The third kappa shape index (κ3) is 3.26. The van der Waals surface area contributed by atoms with Gasteiger partial charge in [0.25, 0.3) is 0 Å². The van der Waals surface area contributed by atoms with E-state index in [1.807, 2.05) is 20.8 Å². The lowest BCUT2D eigenvalue weighted by Crippen LogP contribution is -2.41. The van der Waals surface area contributed by atoms with Crippen molar-refractivity contribution in [3.8, 4) is 0 Å². The van der Waals surface area contributed by atoms with Crippen molar-refractivity contribution in [2.24, 2.45) is 22.2 Å². The average molecular weight is 302 g/mol. The molecule has 1 rings (SSSR count). The standard InChI is InChI=1S/C16H30O3S/c1-9-16(8,15(5,6)7)10-11-12(14(2,3)4)13(17)19-20(11)18/h11-12H,9-10H2,1-8H3. The summed E-state index contributed by atoms with van der Waals surface area (Å²) in [6.45, 7) is 17.1. The van der Waals surface area contributed by atoms with Gasteiger partial charge in [-0.1, -0.05) is 61.8 Å². The minimum Gasteiger partial charge on any atom is -0.363 e. The monoisotopic (exact) mass is 302 g/mol. The SMILES string of the molecule is CCC(C)(CC1C(C(C)(C)C)C(=O)OS1=O)C(C)(C)C. The highest BCUT2D eigenvalue weighted by Gasteiger charge is 2.52. The maximum absolute atomic E-state index is 12.2. The first-order valence-electron chi connectivity index (χ1n) is 7.46. The van der Waals surface area contributed by atoms with Gasteiger partial charge in [0.1, 0.15) is 0 Å². The van der Waals surface area contributed by atoms with E-state index < -0.39 is 11.1 Å². The molecule has 0 aromatic rings. The van der Waals surface area contributed by atoms with Crippen LogP contribution in [0.2, 0.25) is 0 Å². The fraction of sp³-hybridized carbons (Fsp3) is 0.938. The van der Waals surface area contributed by atoms with Crippen molar-refractivity contribution in [2.75, 3.05) is 0 Å². The average Bonchev–Trinajstić information content (AvgIpc) is 2.51. The Balaban J connectivity index is 3.11. The van der Waals surface area contributed by atoms with Crippen LogP contribution in [0.1, 0.15) is 68.2 Å². The zero-order chi connectivity index (χ0) is 15.9. The van der Waals surface area contributed by atoms with Crippen molar-refractivity contribution in [3.63, 3.8) is 0 Å². The Morgan fingerprint density at radius 1 is 1.10 bits per heavy atom. The molecule has 1 fully saturated rings. The molecule has 20 heavy (non-hydrogen) atoms. The fourth-order valence-corrected chi connectivity index (χ4v) is 4.61. The van der Waals surface area contributed by atoms with Crippen molar-refractivity contribution >= 4 is 17.0 Å².